The lowest BCUT2D eigenvalue weighted by Gasteiger charge is -2.34. The van der Waals surface area contributed by atoms with Crippen molar-refractivity contribution in [1.29, 1.82) is 0 Å². The minimum atomic E-state index is 0.0237. The third-order valence-electron chi connectivity index (χ3n) is 1.87. The Morgan fingerprint density at radius 2 is 0.929 bits per heavy atom. The molecule has 0 aromatic rings. The number of nitrogens with zero attached hydrogens (tertiary/aromatic N) is 1. The van der Waals surface area contributed by atoms with E-state index >= 15 is 0 Å². The molecule has 1 heteroatoms. The topological polar surface area (TPSA) is 12.4 Å². The zero-order valence-corrected chi connectivity index (χ0v) is 11.4. The number of aliphatic imine (C=N–C) groups is 1. The highest BCUT2D eigenvalue weighted by atomic mass is 14.9. The average Bonchev–Trinajstić information content (AvgIpc) is 1.75. The molecule has 14 heavy (non-hydrogen) atoms. The Labute approximate surface area is 90.0 Å². The van der Waals surface area contributed by atoms with Gasteiger partial charge in [-0.3, -0.25) is 4.99 Å². The van der Waals surface area contributed by atoms with Gasteiger partial charge in [-0.15, -0.1) is 0 Å². The summed E-state index contributed by atoms with van der Waals surface area (Å²) in [4.78, 5) is 4.87. The molecular formula is C13H27N. The second-order valence-electron chi connectivity index (χ2n) is 7.13. The fourth-order valence-corrected chi connectivity index (χ4v) is 1.80. The van der Waals surface area contributed by atoms with Crippen molar-refractivity contribution in [1.82, 2.24) is 0 Å². The van der Waals surface area contributed by atoms with Gasteiger partial charge in [0.05, 0.1) is 5.54 Å². The van der Waals surface area contributed by atoms with Crippen LogP contribution in [0.2, 0.25) is 0 Å². The molecule has 0 aromatic carbocycles. The van der Waals surface area contributed by atoms with Gasteiger partial charge in [0.15, 0.2) is 0 Å². The van der Waals surface area contributed by atoms with Crippen molar-refractivity contribution in [2.45, 2.75) is 67.9 Å². The van der Waals surface area contributed by atoms with E-state index in [1.807, 2.05) is 0 Å². The third kappa shape index (κ3) is 4.78. The van der Waals surface area contributed by atoms with Crippen LogP contribution in [0.15, 0.2) is 4.99 Å². The van der Waals surface area contributed by atoms with Crippen LogP contribution in [0.1, 0.15) is 62.3 Å². The first kappa shape index (κ1) is 13.7. The summed E-state index contributed by atoms with van der Waals surface area (Å²) in [5, 5.41) is 0. The van der Waals surface area contributed by atoms with E-state index in [9.17, 15) is 0 Å². The van der Waals surface area contributed by atoms with E-state index in [0.717, 1.165) is 0 Å². The predicted molar refractivity (Wildman–Crippen MR) is 66.1 cm³/mol. The van der Waals surface area contributed by atoms with Crippen molar-refractivity contribution in [2.24, 2.45) is 15.8 Å². The van der Waals surface area contributed by atoms with Gasteiger partial charge in [0.2, 0.25) is 0 Å². The van der Waals surface area contributed by atoms with Crippen LogP contribution in [0.5, 0.6) is 0 Å². The van der Waals surface area contributed by atoms with Crippen LogP contribution in [-0.2, 0) is 0 Å². The first-order valence-corrected chi connectivity index (χ1v) is 5.45. The molecule has 0 rings (SSSR count). The molecule has 1 nitrogen and oxygen atoms in total. The maximum atomic E-state index is 4.87. The van der Waals surface area contributed by atoms with E-state index < -0.39 is 0 Å². The minimum absolute atomic E-state index is 0.0237. The number of hydrogen-bond donors (Lipinski definition) is 0. The van der Waals surface area contributed by atoms with Crippen molar-refractivity contribution in [3.05, 3.63) is 0 Å². The smallest absolute Gasteiger partial charge is 0.0523 e. The van der Waals surface area contributed by atoms with Gasteiger partial charge in [-0.1, -0.05) is 41.5 Å². The van der Waals surface area contributed by atoms with Crippen LogP contribution in [0.4, 0.5) is 0 Å². The van der Waals surface area contributed by atoms with Crippen molar-refractivity contribution < 1.29 is 0 Å². The molecule has 0 aromatic heterocycles. The monoisotopic (exact) mass is 197 g/mol. The van der Waals surface area contributed by atoms with Gasteiger partial charge in [0.1, 0.15) is 0 Å². The van der Waals surface area contributed by atoms with Crippen LogP contribution in [0, 0.1) is 10.8 Å². The molecule has 0 atom stereocenters. The molecule has 0 aliphatic rings. The summed E-state index contributed by atoms with van der Waals surface area (Å²) in [7, 11) is 0. The second kappa shape index (κ2) is 3.67. The van der Waals surface area contributed by atoms with Crippen LogP contribution in [0.3, 0.4) is 0 Å². The molecule has 84 valence electrons. The second-order valence-corrected chi connectivity index (χ2v) is 7.13. The lowest BCUT2D eigenvalue weighted by atomic mass is 9.74. The first-order chi connectivity index (χ1) is 5.84. The molecule has 0 N–H and O–H groups in total. The van der Waals surface area contributed by atoms with Gasteiger partial charge in [0, 0.05) is 16.5 Å². The summed E-state index contributed by atoms with van der Waals surface area (Å²) in [6, 6.07) is 0. The van der Waals surface area contributed by atoms with Gasteiger partial charge in [-0.2, -0.15) is 0 Å². The van der Waals surface area contributed by atoms with E-state index in [1.165, 1.54) is 5.71 Å². The van der Waals surface area contributed by atoms with Gasteiger partial charge in [-0.05, 0) is 20.8 Å². The molecule has 0 radical (unpaired) electrons. The van der Waals surface area contributed by atoms with Crippen LogP contribution < -0.4 is 0 Å². The summed E-state index contributed by atoms with van der Waals surface area (Å²) in [5.41, 5.74) is 1.64. The summed E-state index contributed by atoms with van der Waals surface area (Å²) in [6.45, 7) is 19.9. The molecule has 0 aliphatic carbocycles. The Morgan fingerprint density at radius 3 is 1.00 bits per heavy atom. The van der Waals surface area contributed by atoms with Gasteiger partial charge in [0.25, 0.3) is 0 Å². The van der Waals surface area contributed by atoms with Crippen molar-refractivity contribution in [3.8, 4) is 0 Å². The normalized spacial score (nSPS) is 14.1. The molecule has 0 aliphatic heterocycles. The Bertz CT molecular complexity index is 199. The standard InChI is InChI=1S/C13H27N/c1-11(2,3)10(12(4,5)6)14-13(7,8)9/h1-9H3. The Kier molecular flexibility index (Phi) is 3.59. The van der Waals surface area contributed by atoms with E-state index in [2.05, 4.69) is 62.3 Å². The highest BCUT2D eigenvalue weighted by molar-refractivity contribution is 5.93. The van der Waals surface area contributed by atoms with Crippen LogP contribution in [-0.4, -0.2) is 11.3 Å². The average molecular weight is 197 g/mol. The summed E-state index contributed by atoms with van der Waals surface area (Å²) in [5.74, 6) is 0. The maximum absolute atomic E-state index is 4.87. The van der Waals surface area contributed by atoms with Gasteiger partial charge in [-0.25, -0.2) is 0 Å². The van der Waals surface area contributed by atoms with E-state index in [4.69, 9.17) is 4.99 Å². The number of hydrogen-bond acceptors (Lipinski definition) is 1. The highest BCUT2D eigenvalue weighted by Gasteiger charge is 2.31. The van der Waals surface area contributed by atoms with Crippen molar-refractivity contribution in [3.63, 3.8) is 0 Å². The fraction of sp³-hybridized carbons (Fsp3) is 0.923. The minimum Gasteiger partial charge on any atom is -0.287 e. The largest absolute Gasteiger partial charge is 0.287 e. The molecule has 0 unspecified atom stereocenters. The van der Waals surface area contributed by atoms with E-state index in [1.54, 1.807) is 0 Å². The Morgan fingerprint density at radius 1 is 0.643 bits per heavy atom. The fourth-order valence-electron chi connectivity index (χ4n) is 1.80. The maximum Gasteiger partial charge on any atom is 0.0523 e. The van der Waals surface area contributed by atoms with E-state index in [0.29, 0.717) is 0 Å². The predicted octanol–water partition coefficient (Wildman–Crippen LogP) is 4.32. The quantitative estimate of drug-likeness (QED) is 0.513. The molecule has 0 saturated carbocycles. The molecule has 0 heterocycles. The molecule has 0 saturated heterocycles. The molecule has 0 amide bonds. The lowest BCUT2D eigenvalue weighted by molar-refractivity contribution is 0.455. The lowest BCUT2D eigenvalue weighted by Crippen LogP contribution is -2.35. The highest BCUT2D eigenvalue weighted by Crippen LogP contribution is 2.31. The molecule has 0 fully saturated rings. The third-order valence-corrected chi connectivity index (χ3v) is 1.87. The van der Waals surface area contributed by atoms with Crippen LogP contribution >= 0.6 is 0 Å². The summed E-state index contributed by atoms with van der Waals surface area (Å²) >= 11 is 0. The van der Waals surface area contributed by atoms with Crippen molar-refractivity contribution >= 4 is 5.71 Å². The number of rotatable bonds is 0. The van der Waals surface area contributed by atoms with E-state index in [-0.39, 0.29) is 16.4 Å². The zero-order chi connectivity index (χ0) is 11.8. The molecular weight excluding hydrogens is 170 g/mol. The first-order valence-electron chi connectivity index (χ1n) is 5.45. The molecule has 0 spiro atoms. The molecule has 0 bridgehead atoms. The SMILES string of the molecule is CC(C)(C)N=C(C(C)(C)C)C(C)(C)C. The van der Waals surface area contributed by atoms with Gasteiger partial charge < -0.3 is 0 Å². The summed E-state index contributed by atoms with van der Waals surface area (Å²) in [6.07, 6.45) is 0. The zero-order valence-electron chi connectivity index (χ0n) is 11.4. The summed E-state index contributed by atoms with van der Waals surface area (Å²) < 4.78 is 0. The Balaban J connectivity index is 5.26. The van der Waals surface area contributed by atoms with Crippen molar-refractivity contribution in [2.75, 3.05) is 0 Å². The Hall–Kier alpha value is -0.330. The van der Waals surface area contributed by atoms with Crippen LogP contribution in [0.25, 0.3) is 0 Å². The van der Waals surface area contributed by atoms with Gasteiger partial charge >= 0.3 is 0 Å².